The molecule has 0 saturated carbocycles. The Labute approximate surface area is 105 Å². The minimum absolute atomic E-state index is 0.0214. The molecule has 0 bridgehead atoms. The first-order valence-corrected chi connectivity index (χ1v) is 6.66. The quantitative estimate of drug-likeness (QED) is 0.773. The van der Waals surface area contributed by atoms with E-state index in [2.05, 4.69) is 32.8 Å². The summed E-state index contributed by atoms with van der Waals surface area (Å²) < 4.78 is 0. The van der Waals surface area contributed by atoms with Crippen LogP contribution in [0.3, 0.4) is 0 Å². The van der Waals surface area contributed by atoms with Crippen LogP contribution in [0.4, 0.5) is 0 Å². The fourth-order valence-electron chi connectivity index (χ4n) is 2.75. The third-order valence-electron chi connectivity index (χ3n) is 3.82. The van der Waals surface area contributed by atoms with Crippen LogP contribution in [0.1, 0.15) is 26.7 Å². The van der Waals surface area contributed by atoms with E-state index in [4.69, 9.17) is 5.73 Å². The summed E-state index contributed by atoms with van der Waals surface area (Å²) in [4.78, 5) is 16.5. The molecule has 0 radical (unpaired) electrons. The standard InChI is InChI=1S/C13H27N3O/c1-5-6-11(7-14)13(17)16-8-10(2)12(9-16)15(3)4/h10-12H,5-9,14H2,1-4H3. The molecule has 4 heteroatoms. The molecule has 1 fully saturated rings. The molecule has 17 heavy (non-hydrogen) atoms. The van der Waals surface area contributed by atoms with Gasteiger partial charge in [-0.25, -0.2) is 0 Å². The summed E-state index contributed by atoms with van der Waals surface area (Å²) in [5, 5.41) is 0. The van der Waals surface area contributed by atoms with Crippen molar-refractivity contribution in [1.82, 2.24) is 9.80 Å². The van der Waals surface area contributed by atoms with E-state index >= 15 is 0 Å². The van der Waals surface area contributed by atoms with Gasteiger partial charge in [-0.05, 0) is 26.4 Å². The summed E-state index contributed by atoms with van der Waals surface area (Å²) >= 11 is 0. The summed E-state index contributed by atoms with van der Waals surface area (Å²) in [6.07, 6.45) is 1.93. The first-order valence-electron chi connectivity index (χ1n) is 6.66. The lowest BCUT2D eigenvalue weighted by atomic mass is 10.0. The fraction of sp³-hybridized carbons (Fsp3) is 0.923. The Bertz CT molecular complexity index is 255. The second-order valence-electron chi connectivity index (χ2n) is 5.47. The molecule has 1 aliphatic rings. The molecule has 1 aliphatic heterocycles. The monoisotopic (exact) mass is 241 g/mol. The Morgan fingerprint density at radius 2 is 2.12 bits per heavy atom. The van der Waals surface area contributed by atoms with Crippen LogP contribution in [0.25, 0.3) is 0 Å². The van der Waals surface area contributed by atoms with Crippen molar-refractivity contribution in [3.05, 3.63) is 0 Å². The Hall–Kier alpha value is -0.610. The number of nitrogens with two attached hydrogens (primary N) is 1. The summed E-state index contributed by atoms with van der Waals surface area (Å²) in [7, 11) is 4.17. The number of likely N-dealkylation sites (N-methyl/N-ethyl adjacent to an activating group) is 1. The smallest absolute Gasteiger partial charge is 0.227 e. The number of likely N-dealkylation sites (tertiary alicyclic amines) is 1. The molecule has 3 unspecified atom stereocenters. The van der Waals surface area contributed by atoms with Crippen LogP contribution < -0.4 is 5.73 Å². The lowest BCUT2D eigenvalue weighted by Crippen LogP contribution is -2.40. The van der Waals surface area contributed by atoms with E-state index in [0.717, 1.165) is 25.9 Å². The van der Waals surface area contributed by atoms with Gasteiger partial charge in [0, 0.05) is 25.7 Å². The minimum atomic E-state index is 0.0214. The highest BCUT2D eigenvalue weighted by atomic mass is 16.2. The van der Waals surface area contributed by atoms with Crippen molar-refractivity contribution >= 4 is 5.91 Å². The zero-order valence-electron chi connectivity index (χ0n) is 11.6. The number of rotatable bonds is 5. The van der Waals surface area contributed by atoms with Gasteiger partial charge in [0.05, 0.1) is 5.92 Å². The van der Waals surface area contributed by atoms with Gasteiger partial charge in [-0.2, -0.15) is 0 Å². The van der Waals surface area contributed by atoms with Crippen molar-refractivity contribution in [3.63, 3.8) is 0 Å². The second-order valence-corrected chi connectivity index (χ2v) is 5.47. The molecule has 2 N–H and O–H groups in total. The van der Waals surface area contributed by atoms with Gasteiger partial charge in [-0.15, -0.1) is 0 Å². The van der Waals surface area contributed by atoms with Gasteiger partial charge in [0.15, 0.2) is 0 Å². The summed E-state index contributed by atoms with van der Waals surface area (Å²) in [5.74, 6) is 0.827. The summed E-state index contributed by atoms with van der Waals surface area (Å²) in [6.45, 7) is 6.53. The van der Waals surface area contributed by atoms with E-state index in [1.165, 1.54) is 0 Å². The zero-order valence-corrected chi connectivity index (χ0v) is 11.6. The summed E-state index contributed by atoms with van der Waals surface area (Å²) in [5.41, 5.74) is 5.70. The summed E-state index contributed by atoms with van der Waals surface area (Å²) in [6, 6.07) is 0.485. The predicted molar refractivity (Wildman–Crippen MR) is 70.7 cm³/mol. The van der Waals surface area contributed by atoms with Crippen molar-refractivity contribution in [2.45, 2.75) is 32.7 Å². The highest BCUT2D eigenvalue weighted by Crippen LogP contribution is 2.22. The molecule has 0 spiro atoms. The van der Waals surface area contributed by atoms with E-state index in [1.807, 2.05) is 4.90 Å². The molecular formula is C13H27N3O. The number of carbonyl (C=O) groups excluding carboxylic acids is 1. The van der Waals surface area contributed by atoms with E-state index < -0.39 is 0 Å². The van der Waals surface area contributed by atoms with Crippen molar-refractivity contribution in [2.24, 2.45) is 17.6 Å². The van der Waals surface area contributed by atoms with Crippen molar-refractivity contribution in [3.8, 4) is 0 Å². The predicted octanol–water partition coefficient (Wildman–Crippen LogP) is 0.770. The second kappa shape index (κ2) is 6.36. The van der Waals surface area contributed by atoms with Crippen LogP contribution in [-0.4, -0.2) is 55.5 Å². The third kappa shape index (κ3) is 3.42. The largest absolute Gasteiger partial charge is 0.341 e. The lowest BCUT2D eigenvalue weighted by molar-refractivity contribution is -0.134. The third-order valence-corrected chi connectivity index (χ3v) is 3.82. The normalized spacial score (nSPS) is 26.6. The Morgan fingerprint density at radius 3 is 2.53 bits per heavy atom. The average molecular weight is 241 g/mol. The highest BCUT2D eigenvalue weighted by Gasteiger charge is 2.35. The highest BCUT2D eigenvalue weighted by molar-refractivity contribution is 5.79. The number of hydrogen-bond acceptors (Lipinski definition) is 3. The van der Waals surface area contributed by atoms with Gasteiger partial charge in [0.2, 0.25) is 5.91 Å². The number of hydrogen-bond donors (Lipinski definition) is 1. The Kier molecular flexibility index (Phi) is 5.40. The zero-order chi connectivity index (χ0) is 13.0. The van der Waals surface area contributed by atoms with Gasteiger partial charge < -0.3 is 15.5 Å². The lowest BCUT2D eigenvalue weighted by Gasteiger charge is -2.24. The van der Waals surface area contributed by atoms with Crippen LogP contribution >= 0.6 is 0 Å². The topological polar surface area (TPSA) is 49.6 Å². The molecule has 0 aliphatic carbocycles. The molecule has 0 aromatic rings. The number of nitrogens with zero attached hydrogens (tertiary/aromatic N) is 2. The van der Waals surface area contributed by atoms with Gasteiger partial charge in [0.1, 0.15) is 0 Å². The maximum Gasteiger partial charge on any atom is 0.227 e. The maximum atomic E-state index is 12.3. The van der Waals surface area contributed by atoms with E-state index in [0.29, 0.717) is 18.5 Å². The Morgan fingerprint density at radius 1 is 1.47 bits per heavy atom. The average Bonchev–Trinajstić information content (AvgIpc) is 2.67. The molecule has 1 rings (SSSR count). The van der Waals surface area contributed by atoms with E-state index in [9.17, 15) is 4.79 Å². The molecule has 0 aromatic heterocycles. The number of carbonyl (C=O) groups is 1. The van der Waals surface area contributed by atoms with E-state index in [-0.39, 0.29) is 11.8 Å². The molecule has 3 atom stereocenters. The molecular weight excluding hydrogens is 214 g/mol. The van der Waals surface area contributed by atoms with Crippen LogP contribution in [0.2, 0.25) is 0 Å². The first-order chi connectivity index (χ1) is 8.01. The minimum Gasteiger partial charge on any atom is -0.341 e. The van der Waals surface area contributed by atoms with Crippen LogP contribution in [0, 0.1) is 11.8 Å². The molecule has 0 aromatic carbocycles. The molecule has 4 nitrogen and oxygen atoms in total. The van der Waals surface area contributed by atoms with Gasteiger partial charge in [0.25, 0.3) is 0 Å². The maximum absolute atomic E-state index is 12.3. The fourth-order valence-corrected chi connectivity index (χ4v) is 2.75. The van der Waals surface area contributed by atoms with E-state index in [1.54, 1.807) is 0 Å². The van der Waals surface area contributed by atoms with Crippen molar-refractivity contribution in [2.75, 3.05) is 33.7 Å². The SMILES string of the molecule is CCCC(CN)C(=O)N1CC(C)C(N(C)C)C1. The van der Waals surface area contributed by atoms with Gasteiger partial charge in [-0.3, -0.25) is 4.79 Å². The van der Waals surface area contributed by atoms with Crippen LogP contribution in [0.15, 0.2) is 0 Å². The van der Waals surface area contributed by atoms with Crippen LogP contribution in [0.5, 0.6) is 0 Å². The first kappa shape index (κ1) is 14.5. The molecule has 100 valence electrons. The molecule has 1 amide bonds. The Balaban J connectivity index is 2.60. The molecule has 1 heterocycles. The molecule has 1 saturated heterocycles. The van der Waals surface area contributed by atoms with Gasteiger partial charge >= 0.3 is 0 Å². The van der Waals surface area contributed by atoms with Crippen LogP contribution in [-0.2, 0) is 4.79 Å². The van der Waals surface area contributed by atoms with Gasteiger partial charge in [-0.1, -0.05) is 20.3 Å². The number of amides is 1. The van der Waals surface area contributed by atoms with Crippen molar-refractivity contribution < 1.29 is 4.79 Å². The van der Waals surface area contributed by atoms with Crippen molar-refractivity contribution in [1.29, 1.82) is 0 Å².